The molecule has 182 valence electrons. The van der Waals surface area contributed by atoms with Crippen LogP contribution in [0, 0.1) is 12.7 Å². The van der Waals surface area contributed by atoms with E-state index >= 15 is 0 Å². The summed E-state index contributed by atoms with van der Waals surface area (Å²) in [6, 6.07) is 8.73. The standard InChI is InChI=1S/C25H29FN2O6/c1-3-32-22-13-18(8-10-21(22)33-16-24(30)28-11-5-4-6-12-28)25(31)34-15-23(29)27-19-9-7-17(2)20(26)14-19/h7-10,13-14H,3-6,11-12,15-16H2,1-2H3,(H,27,29). The van der Waals surface area contributed by atoms with Crippen LogP contribution in [0.5, 0.6) is 11.5 Å². The van der Waals surface area contributed by atoms with Crippen molar-refractivity contribution in [3.05, 3.63) is 53.3 Å². The average Bonchev–Trinajstić information content (AvgIpc) is 2.84. The molecule has 9 heteroatoms. The predicted molar refractivity (Wildman–Crippen MR) is 124 cm³/mol. The topological polar surface area (TPSA) is 94.2 Å². The van der Waals surface area contributed by atoms with Gasteiger partial charge in [-0.05, 0) is 69.0 Å². The Morgan fingerprint density at radius 2 is 1.74 bits per heavy atom. The fraction of sp³-hybridized carbons (Fsp3) is 0.400. The second-order valence-electron chi connectivity index (χ2n) is 7.91. The summed E-state index contributed by atoms with van der Waals surface area (Å²) >= 11 is 0. The van der Waals surface area contributed by atoms with Crippen molar-refractivity contribution in [2.75, 3.05) is 38.2 Å². The summed E-state index contributed by atoms with van der Waals surface area (Å²) in [5.74, 6) is -1.24. The lowest BCUT2D eigenvalue weighted by atomic mass is 10.1. The molecule has 0 bridgehead atoms. The van der Waals surface area contributed by atoms with Gasteiger partial charge in [0.1, 0.15) is 5.82 Å². The van der Waals surface area contributed by atoms with Crippen LogP contribution in [0.25, 0.3) is 0 Å². The van der Waals surface area contributed by atoms with Crippen LogP contribution in [0.1, 0.15) is 42.1 Å². The normalized spacial score (nSPS) is 13.2. The molecule has 34 heavy (non-hydrogen) atoms. The number of halogens is 1. The minimum atomic E-state index is -0.734. The number of nitrogens with one attached hydrogen (secondary N) is 1. The van der Waals surface area contributed by atoms with E-state index < -0.39 is 24.3 Å². The SMILES string of the molecule is CCOc1cc(C(=O)OCC(=O)Nc2ccc(C)c(F)c2)ccc1OCC(=O)N1CCCCC1. The number of hydrogen-bond acceptors (Lipinski definition) is 6. The molecule has 0 saturated carbocycles. The summed E-state index contributed by atoms with van der Waals surface area (Å²) < 4.78 is 29.9. The Morgan fingerprint density at radius 1 is 0.971 bits per heavy atom. The number of ether oxygens (including phenoxy) is 3. The number of esters is 1. The third-order valence-corrected chi connectivity index (χ3v) is 5.33. The van der Waals surface area contributed by atoms with E-state index in [1.54, 1.807) is 24.8 Å². The minimum absolute atomic E-state index is 0.0925. The highest BCUT2D eigenvalue weighted by Crippen LogP contribution is 2.29. The second kappa shape index (κ2) is 12.0. The van der Waals surface area contributed by atoms with Crippen LogP contribution in [0.2, 0.25) is 0 Å². The van der Waals surface area contributed by atoms with Gasteiger partial charge in [-0.15, -0.1) is 0 Å². The van der Waals surface area contributed by atoms with E-state index in [1.165, 1.54) is 30.3 Å². The number of nitrogens with zero attached hydrogens (tertiary/aromatic N) is 1. The minimum Gasteiger partial charge on any atom is -0.490 e. The molecule has 1 saturated heterocycles. The monoisotopic (exact) mass is 472 g/mol. The maximum absolute atomic E-state index is 13.6. The number of carbonyl (C=O) groups excluding carboxylic acids is 3. The van der Waals surface area contributed by atoms with Crippen molar-refractivity contribution < 1.29 is 33.0 Å². The van der Waals surface area contributed by atoms with Gasteiger partial charge in [-0.2, -0.15) is 0 Å². The van der Waals surface area contributed by atoms with E-state index in [0.717, 1.165) is 32.4 Å². The molecular weight excluding hydrogens is 443 g/mol. The lowest BCUT2D eigenvalue weighted by molar-refractivity contribution is -0.134. The Morgan fingerprint density at radius 3 is 2.44 bits per heavy atom. The molecule has 0 atom stereocenters. The second-order valence-corrected chi connectivity index (χ2v) is 7.91. The van der Waals surface area contributed by atoms with Gasteiger partial charge in [-0.25, -0.2) is 9.18 Å². The lowest BCUT2D eigenvalue weighted by Crippen LogP contribution is -2.38. The highest BCUT2D eigenvalue weighted by Gasteiger charge is 2.19. The van der Waals surface area contributed by atoms with E-state index in [2.05, 4.69) is 5.32 Å². The van der Waals surface area contributed by atoms with E-state index in [0.29, 0.717) is 23.7 Å². The molecule has 1 heterocycles. The molecule has 3 rings (SSSR count). The van der Waals surface area contributed by atoms with Gasteiger partial charge in [0.15, 0.2) is 24.7 Å². The summed E-state index contributed by atoms with van der Waals surface area (Å²) in [5.41, 5.74) is 0.883. The van der Waals surface area contributed by atoms with Crippen molar-refractivity contribution in [2.24, 2.45) is 0 Å². The van der Waals surface area contributed by atoms with Gasteiger partial charge in [0.25, 0.3) is 11.8 Å². The molecule has 8 nitrogen and oxygen atoms in total. The number of amides is 2. The Hall–Kier alpha value is -3.62. The number of anilines is 1. The van der Waals surface area contributed by atoms with Gasteiger partial charge in [0.05, 0.1) is 12.2 Å². The van der Waals surface area contributed by atoms with Crippen molar-refractivity contribution in [2.45, 2.75) is 33.1 Å². The summed E-state index contributed by atoms with van der Waals surface area (Å²) in [6.45, 7) is 4.53. The average molecular weight is 473 g/mol. The molecule has 0 aromatic heterocycles. The van der Waals surface area contributed by atoms with Crippen molar-refractivity contribution >= 4 is 23.5 Å². The van der Waals surface area contributed by atoms with Gasteiger partial charge in [-0.1, -0.05) is 6.07 Å². The number of piperidine rings is 1. The van der Waals surface area contributed by atoms with Crippen LogP contribution >= 0.6 is 0 Å². The smallest absolute Gasteiger partial charge is 0.338 e. The highest BCUT2D eigenvalue weighted by atomic mass is 19.1. The predicted octanol–water partition coefficient (Wildman–Crippen LogP) is 3.72. The van der Waals surface area contributed by atoms with Crippen molar-refractivity contribution in [1.29, 1.82) is 0 Å². The summed E-state index contributed by atoms with van der Waals surface area (Å²) in [5, 5.41) is 2.48. The van der Waals surface area contributed by atoms with E-state index in [4.69, 9.17) is 14.2 Å². The Labute approximate surface area is 198 Å². The molecule has 1 aliphatic rings. The first-order valence-corrected chi connectivity index (χ1v) is 11.3. The van der Waals surface area contributed by atoms with Crippen LogP contribution in [0.4, 0.5) is 10.1 Å². The molecule has 2 aromatic carbocycles. The Balaban J connectivity index is 1.56. The van der Waals surface area contributed by atoms with E-state index in [1.807, 2.05) is 0 Å². The fourth-order valence-corrected chi connectivity index (χ4v) is 3.48. The molecule has 2 amide bonds. The molecule has 0 radical (unpaired) electrons. The lowest BCUT2D eigenvalue weighted by Gasteiger charge is -2.26. The summed E-state index contributed by atoms with van der Waals surface area (Å²) in [4.78, 5) is 38.6. The number of hydrogen-bond donors (Lipinski definition) is 1. The van der Waals surface area contributed by atoms with Crippen molar-refractivity contribution in [3.63, 3.8) is 0 Å². The first kappa shape index (κ1) is 25.0. The third-order valence-electron chi connectivity index (χ3n) is 5.33. The number of benzene rings is 2. The largest absolute Gasteiger partial charge is 0.490 e. The first-order chi connectivity index (χ1) is 16.4. The zero-order valence-electron chi connectivity index (χ0n) is 19.4. The van der Waals surface area contributed by atoms with Crippen LogP contribution in [-0.2, 0) is 14.3 Å². The molecule has 0 spiro atoms. The van der Waals surface area contributed by atoms with Gasteiger partial charge in [0, 0.05) is 18.8 Å². The summed E-state index contributed by atoms with van der Waals surface area (Å²) in [6.07, 6.45) is 3.11. The molecule has 0 unspecified atom stereocenters. The van der Waals surface area contributed by atoms with Gasteiger partial charge < -0.3 is 24.4 Å². The van der Waals surface area contributed by atoms with Crippen LogP contribution in [-0.4, -0.2) is 55.6 Å². The van der Waals surface area contributed by atoms with Crippen LogP contribution in [0.15, 0.2) is 36.4 Å². The first-order valence-electron chi connectivity index (χ1n) is 11.3. The highest BCUT2D eigenvalue weighted by molar-refractivity contribution is 5.95. The number of aryl methyl sites for hydroxylation is 1. The quantitative estimate of drug-likeness (QED) is 0.559. The zero-order chi connectivity index (χ0) is 24.5. The number of likely N-dealkylation sites (tertiary alicyclic amines) is 1. The van der Waals surface area contributed by atoms with Crippen LogP contribution < -0.4 is 14.8 Å². The van der Waals surface area contributed by atoms with Crippen molar-refractivity contribution in [1.82, 2.24) is 4.90 Å². The zero-order valence-corrected chi connectivity index (χ0v) is 19.4. The van der Waals surface area contributed by atoms with Crippen LogP contribution in [0.3, 0.4) is 0 Å². The molecule has 0 aliphatic carbocycles. The van der Waals surface area contributed by atoms with E-state index in [-0.39, 0.29) is 23.8 Å². The molecular formula is C25H29FN2O6. The number of carbonyl (C=O) groups is 3. The number of rotatable bonds is 9. The third kappa shape index (κ3) is 6.94. The molecule has 1 fully saturated rings. The van der Waals surface area contributed by atoms with Crippen molar-refractivity contribution in [3.8, 4) is 11.5 Å². The molecule has 1 N–H and O–H groups in total. The maximum atomic E-state index is 13.6. The maximum Gasteiger partial charge on any atom is 0.338 e. The van der Waals surface area contributed by atoms with Gasteiger partial charge in [0.2, 0.25) is 0 Å². The fourth-order valence-electron chi connectivity index (χ4n) is 3.48. The summed E-state index contributed by atoms with van der Waals surface area (Å²) in [7, 11) is 0. The van der Waals surface area contributed by atoms with Gasteiger partial charge >= 0.3 is 5.97 Å². The molecule has 1 aliphatic heterocycles. The van der Waals surface area contributed by atoms with Gasteiger partial charge in [-0.3, -0.25) is 9.59 Å². The Bertz CT molecular complexity index is 1040. The molecule has 2 aromatic rings. The Kier molecular flexibility index (Phi) is 8.84. The van der Waals surface area contributed by atoms with E-state index in [9.17, 15) is 18.8 Å².